The number of hydrogen-bond acceptors (Lipinski definition) is 4. The highest BCUT2D eigenvalue weighted by atomic mass is 19.1. The second-order valence-corrected chi connectivity index (χ2v) is 8.92. The van der Waals surface area contributed by atoms with Crippen LogP contribution >= 0.6 is 0 Å². The molecule has 1 aliphatic rings. The lowest BCUT2D eigenvalue weighted by atomic mass is 9.91. The molecule has 4 nitrogen and oxygen atoms in total. The van der Waals surface area contributed by atoms with Gasteiger partial charge in [0, 0.05) is 17.7 Å². The van der Waals surface area contributed by atoms with Gasteiger partial charge in [-0.15, -0.1) is 0 Å². The molecule has 1 atom stereocenters. The molecule has 0 radical (unpaired) electrons. The van der Waals surface area contributed by atoms with Crippen LogP contribution in [-0.2, 0) is 0 Å². The Bertz CT molecular complexity index is 1110. The SMILES string of the molecule is COc1cc(C(C)/C=C(\F)c2ccc(Nc3c(C)cccc3N)nc2)cc(C2CCCC2)c1. The standard InChI is InChI=1S/C28H32FN3O/c1-18-7-6-10-26(30)28(18)32-27-12-11-21(17-31-27)25(29)13-19(2)22-14-23(16-24(15-22)33-3)20-8-4-5-9-20/h6-7,10-17,19-20H,4-5,8-9,30H2,1-3H3,(H,31,32)/b25-13-. The fourth-order valence-corrected chi connectivity index (χ4v) is 4.53. The number of methoxy groups -OCH3 is 1. The van der Waals surface area contributed by atoms with Crippen molar-refractivity contribution in [3.63, 3.8) is 0 Å². The van der Waals surface area contributed by atoms with Crippen LogP contribution in [0, 0.1) is 6.92 Å². The predicted octanol–water partition coefficient (Wildman–Crippen LogP) is 7.50. The number of rotatable bonds is 7. The number of nitrogens with one attached hydrogen (secondary N) is 1. The number of aryl methyl sites for hydroxylation is 1. The van der Waals surface area contributed by atoms with Crippen LogP contribution in [0.2, 0.25) is 0 Å². The number of nitrogen functional groups attached to an aromatic ring is 1. The summed E-state index contributed by atoms with van der Waals surface area (Å²) in [5.41, 5.74) is 11.4. The Kier molecular flexibility index (Phi) is 6.97. The number of nitrogens with two attached hydrogens (primary N) is 1. The fourth-order valence-electron chi connectivity index (χ4n) is 4.53. The van der Waals surface area contributed by atoms with Crippen molar-refractivity contribution < 1.29 is 9.13 Å². The molecule has 1 aliphatic carbocycles. The number of benzene rings is 2. The van der Waals surface area contributed by atoms with Gasteiger partial charge in [0.15, 0.2) is 0 Å². The van der Waals surface area contributed by atoms with E-state index in [-0.39, 0.29) is 11.7 Å². The molecule has 172 valence electrons. The van der Waals surface area contributed by atoms with Gasteiger partial charge in [-0.1, -0.05) is 38.0 Å². The van der Waals surface area contributed by atoms with Crippen LogP contribution in [-0.4, -0.2) is 12.1 Å². The van der Waals surface area contributed by atoms with Gasteiger partial charge in [0.1, 0.15) is 17.4 Å². The second kappa shape index (κ2) is 10.1. The number of halogens is 1. The third-order valence-corrected chi connectivity index (χ3v) is 6.53. The first-order valence-electron chi connectivity index (χ1n) is 11.6. The normalized spacial score (nSPS) is 15.5. The number of nitrogens with zero attached hydrogens (tertiary/aromatic N) is 1. The monoisotopic (exact) mass is 445 g/mol. The van der Waals surface area contributed by atoms with Gasteiger partial charge in [0.25, 0.3) is 0 Å². The molecule has 33 heavy (non-hydrogen) atoms. The summed E-state index contributed by atoms with van der Waals surface area (Å²) in [6, 6.07) is 15.6. The summed E-state index contributed by atoms with van der Waals surface area (Å²) >= 11 is 0. The first-order valence-corrected chi connectivity index (χ1v) is 11.6. The molecule has 2 aromatic carbocycles. The number of anilines is 3. The van der Waals surface area contributed by atoms with E-state index in [1.165, 1.54) is 31.2 Å². The largest absolute Gasteiger partial charge is 0.497 e. The van der Waals surface area contributed by atoms with Gasteiger partial charge < -0.3 is 15.8 Å². The average molecular weight is 446 g/mol. The second-order valence-electron chi connectivity index (χ2n) is 8.92. The van der Waals surface area contributed by atoms with Crippen LogP contribution < -0.4 is 15.8 Å². The minimum absolute atomic E-state index is 0.0928. The molecule has 1 unspecified atom stereocenters. The number of allylic oxidation sites excluding steroid dienone is 1. The summed E-state index contributed by atoms with van der Waals surface area (Å²) in [5, 5.41) is 3.23. The Morgan fingerprint density at radius 2 is 1.97 bits per heavy atom. The molecular formula is C28H32FN3O. The summed E-state index contributed by atoms with van der Waals surface area (Å²) in [7, 11) is 1.68. The molecule has 1 heterocycles. The highest BCUT2D eigenvalue weighted by Crippen LogP contribution is 2.38. The summed E-state index contributed by atoms with van der Waals surface area (Å²) < 4.78 is 20.6. The lowest BCUT2D eigenvalue weighted by molar-refractivity contribution is 0.413. The number of para-hydroxylation sites is 1. The number of aromatic nitrogens is 1. The van der Waals surface area contributed by atoms with Gasteiger partial charge in [0.2, 0.25) is 0 Å². The van der Waals surface area contributed by atoms with E-state index in [1.54, 1.807) is 31.5 Å². The third-order valence-electron chi connectivity index (χ3n) is 6.53. The highest BCUT2D eigenvalue weighted by Gasteiger charge is 2.19. The van der Waals surface area contributed by atoms with Gasteiger partial charge in [-0.25, -0.2) is 9.37 Å². The lowest BCUT2D eigenvalue weighted by Crippen LogP contribution is -2.00. The Morgan fingerprint density at radius 1 is 1.18 bits per heavy atom. The molecule has 0 bridgehead atoms. The van der Waals surface area contributed by atoms with Crippen molar-refractivity contribution in [2.24, 2.45) is 0 Å². The van der Waals surface area contributed by atoms with Crippen molar-refractivity contribution in [1.29, 1.82) is 0 Å². The van der Waals surface area contributed by atoms with Crippen LogP contribution in [0.1, 0.15) is 66.7 Å². The molecule has 0 saturated heterocycles. The summed E-state index contributed by atoms with van der Waals surface area (Å²) in [6.45, 7) is 3.99. The minimum atomic E-state index is -0.290. The zero-order valence-corrected chi connectivity index (χ0v) is 19.6. The first kappa shape index (κ1) is 22.8. The average Bonchev–Trinajstić information content (AvgIpc) is 3.37. The molecular weight excluding hydrogens is 413 g/mol. The predicted molar refractivity (Wildman–Crippen MR) is 135 cm³/mol. The van der Waals surface area contributed by atoms with Crippen molar-refractivity contribution in [1.82, 2.24) is 4.98 Å². The van der Waals surface area contributed by atoms with Crippen LogP contribution in [0.5, 0.6) is 5.75 Å². The van der Waals surface area contributed by atoms with Crippen molar-refractivity contribution >= 4 is 23.0 Å². The van der Waals surface area contributed by atoms with Gasteiger partial charge in [-0.05, 0) is 78.8 Å². The van der Waals surface area contributed by atoms with E-state index in [1.807, 2.05) is 38.1 Å². The molecule has 0 spiro atoms. The fraction of sp³-hybridized carbons (Fsp3) is 0.321. The zero-order chi connectivity index (χ0) is 23.4. The molecule has 3 N–H and O–H groups in total. The van der Waals surface area contributed by atoms with E-state index in [0.717, 1.165) is 22.6 Å². The van der Waals surface area contributed by atoms with E-state index >= 15 is 4.39 Å². The highest BCUT2D eigenvalue weighted by molar-refractivity contribution is 5.74. The van der Waals surface area contributed by atoms with E-state index in [2.05, 4.69) is 22.4 Å². The van der Waals surface area contributed by atoms with Crippen molar-refractivity contribution in [2.75, 3.05) is 18.2 Å². The van der Waals surface area contributed by atoms with Crippen LogP contribution in [0.4, 0.5) is 21.6 Å². The Labute approximate surface area is 195 Å². The Balaban J connectivity index is 1.52. The number of ether oxygens (including phenoxy) is 1. The molecule has 1 saturated carbocycles. The van der Waals surface area contributed by atoms with E-state index < -0.39 is 0 Å². The van der Waals surface area contributed by atoms with Crippen molar-refractivity contribution in [3.8, 4) is 5.75 Å². The summed E-state index contributed by atoms with van der Waals surface area (Å²) in [5.74, 6) is 1.65. The number of hydrogen-bond donors (Lipinski definition) is 2. The maximum atomic E-state index is 15.1. The molecule has 0 aliphatic heterocycles. The van der Waals surface area contributed by atoms with Gasteiger partial charge in [-0.2, -0.15) is 0 Å². The van der Waals surface area contributed by atoms with Crippen molar-refractivity contribution in [2.45, 2.75) is 51.4 Å². The van der Waals surface area contributed by atoms with Gasteiger partial charge >= 0.3 is 0 Å². The Hall–Kier alpha value is -3.34. The van der Waals surface area contributed by atoms with E-state index in [0.29, 0.717) is 23.0 Å². The van der Waals surface area contributed by atoms with Gasteiger partial charge in [0.05, 0.1) is 18.5 Å². The first-order chi connectivity index (χ1) is 15.9. The maximum Gasteiger partial charge on any atom is 0.130 e. The molecule has 4 rings (SSSR count). The van der Waals surface area contributed by atoms with Crippen LogP contribution in [0.15, 0.2) is 60.8 Å². The topological polar surface area (TPSA) is 60.2 Å². The maximum absolute atomic E-state index is 15.1. The van der Waals surface area contributed by atoms with Crippen LogP contribution in [0.3, 0.4) is 0 Å². The number of pyridine rings is 1. The summed E-state index contributed by atoms with van der Waals surface area (Å²) in [6.07, 6.45) is 8.17. The van der Waals surface area contributed by atoms with Gasteiger partial charge in [-0.3, -0.25) is 0 Å². The third kappa shape index (κ3) is 5.36. The van der Waals surface area contributed by atoms with Crippen LogP contribution in [0.25, 0.3) is 5.83 Å². The van der Waals surface area contributed by atoms with Crippen molar-refractivity contribution in [3.05, 3.63) is 83.1 Å². The van der Waals surface area contributed by atoms with E-state index in [9.17, 15) is 0 Å². The van der Waals surface area contributed by atoms with E-state index in [4.69, 9.17) is 10.5 Å². The molecule has 3 aromatic rings. The minimum Gasteiger partial charge on any atom is -0.497 e. The lowest BCUT2D eigenvalue weighted by Gasteiger charge is -2.16. The smallest absolute Gasteiger partial charge is 0.130 e. The molecule has 1 fully saturated rings. The molecule has 5 heteroatoms. The quantitative estimate of drug-likeness (QED) is 0.370. The zero-order valence-electron chi connectivity index (χ0n) is 19.6. The molecule has 1 aromatic heterocycles. The Morgan fingerprint density at radius 3 is 2.64 bits per heavy atom. The molecule has 0 amide bonds. The summed E-state index contributed by atoms with van der Waals surface area (Å²) in [4.78, 5) is 4.38.